The van der Waals surface area contributed by atoms with E-state index in [9.17, 15) is 18.0 Å². The van der Waals surface area contributed by atoms with Crippen LogP contribution in [0.4, 0.5) is 13.2 Å². The van der Waals surface area contributed by atoms with Crippen molar-refractivity contribution in [1.29, 1.82) is 0 Å². The topological polar surface area (TPSA) is 58.6 Å². The van der Waals surface area contributed by atoms with Gasteiger partial charge in [0.05, 0.1) is 5.56 Å². The van der Waals surface area contributed by atoms with Crippen molar-refractivity contribution < 1.29 is 13.2 Å². The number of hydrogen-bond acceptors (Lipinski definition) is 4. The number of hydrogen-bond donors (Lipinski definition) is 1. The molecule has 1 N–H and O–H groups in total. The van der Waals surface area contributed by atoms with Gasteiger partial charge in [-0.2, -0.15) is 13.2 Å². The maximum absolute atomic E-state index is 12.8. The summed E-state index contributed by atoms with van der Waals surface area (Å²) in [6.07, 6.45) is -2.15. The van der Waals surface area contributed by atoms with E-state index in [4.69, 9.17) is 0 Å². The number of aromatic amines is 1. The van der Waals surface area contributed by atoms with Gasteiger partial charge in [-0.25, -0.2) is 4.98 Å². The predicted octanol–water partition coefficient (Wildman–Crippen LogP) is 3.81. The Balaban J connectivity index is 0.00000116. The van der Waals surface area contributed by atoms with Gasteiger partial charge in [-0.15, -0.1) is 0 Å². The fraction of sp³-hybridized carbons (Fsp3) is 0.357. The summed E-state index contributed by atoms with van der Waals surface area (Å²) in [7, 11) is 0. The molecule has 2 rings (SSSR count). The van der Waals surface area contributed by atoms with Crippen molar-refractivity contribution in [3.8, 4) is 0 Å². The second kappa shape index (κ2) is 7.98. The number of nitrogens with one attached hydrogen (secondary N) is 1. The van der Waals surface area contributed by atoms with Crippen LogP contribution in [0.15, 0.2) is 34.5 Å². The third-order valence-electron chi connectivity index (χ3n) is 2.42. The highest BCUT2D eigenvalue weighted by Gasteiger charge is 2.33. The van der Waals surface area contributed by atoms with E-state index in [2.05, 4.69) is 15.0 Å². The smallest absolute Gasteiger partial charge is 0.301 e. The molecule has 0 fully saturated rings. The fourth-order valence-electron chi connectivity index (χ4n) is 1.58. The van der Waals surface area contributed by atoms with Gasteiger partial charge in [-0.3, -0.25) is 9.78 Å². The molecule has 0 radical (unpaired) electrons. The minimum absolute atomic E-state index is 0.0229. The first-order chi connectivity index (χ1) is 10.4. The minimum atomic E-state index is -4.42. The van der Waals surface area contributed by atoms with Gasteiger partial charge in [0.25, 0.3) is 5.56 Å². The Morgan fingerprint density at radius 2 is 2.00 bits per heavy atom. The number of H-pyrrole nitrogens is 1. The van der Waals surface area contributed by atoms with Crippen molar-refractivity contribution >= 4 is 11.8 Å². The Morgan fingerprint density at radius 3 is 2.59 bits per heavy atom. The molecule has 0 atom stereocenters. The first-order valence-corrected chi connectivity index (χ1v) is 7.55. The summed E-state index contributed by atoms with van der Waals surface area (Å²) in [5.41, 5.74) is -0.495. The van der Waals surface area contributed by atoms with E-state index in [0.29, 0.717) is 5.69 Å². The van der Waals surface area contributed by atoms with Crippen LogP contribution in [0.1, 0.15) is 30.7 Å². The molecule has 2 heterocycles. The molecule has 2 aromatic heterocycles. The number of alkyl halides is 3. The van der Waals surface area contributed by atoms with Gasteiger partial charge in [0.2, 0.25) is 0 Å². The van der Waals surface area contributed by atoms with E-state index in [0.717, 1.165) is 24.0 Å². The number of pyridine rings is 1. The Kier molecular flexibility index (Phi) is 6.61. The van der Waals surface area contributed by atoms with Crippen LogP contribution < -0.4 is 5.56 Å². The molecule has 0 amide bonds. The van der Waals surface area contributed by atoms with Crippen LogP contribution in [-0.2, 0) is 11.9 Å². The number of halogens is 3. The normalized spacial score (nSPS) is 10.8. The van der Waals surface area contributed by atoms with Crippen molar-refractivity contribution in [1.82, 2.24) is 15.0 Å². The molecule has 22 heavy (non-hydrogen) atoms. The number of nitrogens with zero attached hydrogens (tertiary/aromatic N) is 2. The van der Waals surface area contributed by atoms with E-state index in [1.54, 1.807) is 6.92 Å². The minimum Gasteiger partial charge on any atom is -0.301 e. The van der Waals surface area contributed by atoms with Crippen LogP contribution in [0, 0.1) is 6.92 Å². The SMILES string of the molecule is CC.Cc1cc(=O)[nH]c(SCc2cnccc2C(F)(F)F)n1. The second-order valence-electron chi connectivity index (χ2n) is 4.01. The van der Waals surface area contributed by atoms with E-state index in [1.165, 1.54) is 12.3 Å². The van der Waals surface area contributed by atoms with Crippen molar-refractivity contribution in [2.75, 3.05) is 0 Å². The quantitative estimate of drug-likeness (QED) is 0.686. The predicted molar refractivity (Wildman–Crippen MR) is 79.7 cm³/mol. The van der Waals surface area contributed by atoms with Gasteiger partial charge in [0, 0.05) is 29.9 Å². The highest BCUT2D eigenvalue weighted by atomic mass is 32.2. The molecular formula is C14H16F3N3OS. The van der Waals surface area contributed by atoms with Crippen LogP contribution in [0.25, 0.3) is 0 Å². The van der Waals surface area contributed by atoms with Crippen LogP contribution in [-0.4, -0.2) is 15.0 Å². The molecule has 8 heteroatoms. The molecule has 0 bridgehead atoms. The largest absolute Gasteiger partial charge is 0.416 e. The van der Waals surface area contributed by atoms with Crippen LogP contribution >= 0.6 is 11.8 Å². The first-order valence-electron chi connectivity index (χ1n) is 6.57. The fourth-order valence-corrected chi connectivity index (χ4v) is 2.49. The lowest BCUT2D eigenvalue weighted by molar-refractivity contribution is -0.138. The zero-order valence-electron chi connectivity index (χ0n) is 12.4. The third-order valence-corrected chi connectivity index (χ3v) is 3.34. The average Bonchev–Trinajstić information content (AvgIpc) is 2.46. The summed E-state index contributed by atoms with van der Waals surface area (Å²) in [5.74, 6) is 0.0229. The molecule has 0 saturated heterocycles. The summed E-state index contributed by atoms with van der Waals surface area (Å²) in [6, 6.07) is 2.25. The standard InChI is InChI=1S/C12H10F3N3OS.C2H6/c1-7-4-10(19)18-11(17-7)20-6-8-5-16-3-2-9(8)12(13,14)15;1-2/h2-5H,6H2,1H3,(H,17,18,19);1-2H3. The molecule has 0 aromatic carbocycles. The molecule has 4 nitrogen and oxygen atoms in total. The maximum Gasteiger partial charge on any atom is 0.416 e. The lowest BCUT2D eigenvalue weighted by Gasteiger charge is -2.11. The average molecular weight is 331 g/mol. The van der Waals surface area contributed by atoms with E-state index in [1.807, 2.05) is 13.8 Å². The van der Waals surface area contributed by atoms with E-state index < -0.39 is 11.7 Å². The van der Waals surface area contributed by atoms with Crippen molar-refractivity contribution in [2.45, 2.75) is 37.9 Å². The lowest BCUT2D eigenvalue weighted by Crippen LogP contribution is -2.10. The summed E-state index contributed by atoms with van der Waals surface area (Å²) in [5, 5.41) is 0.284. The molecule has 0 aliphatic heterocycles. The molecule has 0 saturated carbocycles. The number of rotatable bonds is 3. The lowest BCUT2D eigenvalue weighted by atomic mass is 10.1. The maximum atomic E-state index is 12.8. The summed E-state index contributed by atoms with van der Waals surface area (Å²) in [6.45, 7) is 5.64. The Morgan fingerprint density at radius 1 is 1.32 bits per heavy atom. The molecular weight excluding hydrogens is 315 g/mol. The first kappa shape index (κ1) is 18.2. The van der Waals surface area contributed by atoms with Crippen molar-refractivity contribution in [2.24, 2.45) is 0 Å². The molecule has 120 valence electrons. The molecule has 0 unspecified atom stereocenters. The Hall–Kier alpha value is -1.83. The van der Waals surface area contributed by atoms with Crippen LogP contribution in [0.2, 0.25) is 0 Å². The zero-order valence-corrected chi connectivity index (χ0v) is 13.2. The van der Waals surface area contributed by atoms with Crippen molar-refractivity contribution in [3.63, 3.8) is 0 Å². The zero-order chi connectivity index (χ0) is 16.8. The molecule has 0 aliphatic rings. The molecule has 0 aliphatic carbocycles. The number of aryl methyl sites for hydroxylation is 1. The van der Waals surface area contributed by atoms with Crippen molar-refractivity contribution in [3.05, 3.63) is 51.7 Å². The van der Waals surface area contributed by atoms with E-state index >= 15 is 0 Å². The molecule has 0 spiro atoms. The Bertz CT molecular complexity index is 671. The number of aromatic nitrogens is 3. The van der Waals surface area contributed by atoms with Crippen LogP contribution in [0.3, 0.4) is 0 Å². The monoisotopic (exact) mass is 331 g/mol. The third kappa shape index (κ3) is 5.18. The molecule has 2 aromatic rings. The van der Waals surface area contributed by atoms with Gasteiger partial charge in [0.1, 0.15) is 0 Å². The van der Waals surface area contributed by atoms with Gasteiger partial charge >= 0.3 is 6.18 Å². The van der Waals surface area contributed by atoms with Gasteiger partial charge in [-0.1, -0.05) is 25.6 Å². The number of thioether (sulfide) groups is 1. The van der Waals surface area contributed by atoms with Gasteiger partial charge < -0.3 is 4.98 Å². The van der Waals surface area contributed by atoms with Gasteiger partial charge in [0.15, 0.2) is 5.16 Å². The van der Waals surface area contributed by atoms with E-state index in [-0.39, 0.29) is 22.0 Å². The highest BCUT2D eigenvalue weighted by molar-refractivity contribution is 7.98. The summed E-state index contributed by atoms with van der Waals surface area (Å²) in [4.78, 5) is 21.5. The second-order valence-corrected chi connectivity index (χ2v) is 4.98. The van der Waals surface area contributed by atoms with Crippen LogP contribution in [0.5, 0.6) is 0 Å². The Labute approximate surface area is 130 Å². The summed E-state index contributed by atoms with van der Waals surface area (Å²) >= 11 is 1.03. The summed E-state index contributed by atoms with van der Waals surface area (Å²) < 4.78 is 38.4. The van der Waals surface area contributed by atoms with Gasteiger partial charge in [-0.05, 0) is 18.6 Å². The highest BCUT2D eigenvalue weighted by Crippen LogP contribution is 2.33.